The molecular weight excluding hydrogens is 416 g/mol. The number of rotatable bonds is 8. The number of carbonyl (C=O) groups is 1. The Kier molecular flexibility index (Phi) is 6.54. The first kappa shape index (κ1) is 22.3. The lowest BCUT2D eigenvalue weighted by atomic mass is 9.95. The van der Waals surface area contributed by atoms with Crippen molar-refractivity contribution in [1.82, 2.24) is 4.98 Å². The van der Waals surface area contributed by atoms with Crippen LogP contribution < -0.4 is 14.8 Å². The third-order valence-corrected chi connectivity index (χ3v) is 5.68. The van der Waals surface area contributed by atoms with Crippen LogP contribution in [0.15, 0.2) is 66.7 Å². The number of nitrogens with one attached hydrogen (secondary N) is 2. The molecule has 6 heteroatoms. The van der Waals surface area contributed by atoms with Gasteiger partial charge in [-0.3, -0.25) is 0 Å². The van der Waals surface area contributed by atoms with Crippen molar-refractivity contribution < 1.29 is 19.0 Å². The largest absolute Gasteiger partial charge is 0.493 e. The average molecular weight is 445 g/mol. The number of aryl methyl sites for hydroxylation is 1. The molecule has 0 fully saturated rings. The lowest BCUT2D eigenvalue weighted by Gasteiger charge is -2.23. The van der Waals surface area contributed by atoms with E-state index in [4.69, 9.17) is 14.2 Å². The van der Waals surface area contributed by atoms with Crippen LogP contribution in [0.5, 0.6) is 11.5 Å². The Morgan fingerprint density at radius 2 is 1.70 bits per heavy atom. The molecule has 4 aromatic rings. The highest BCUT2D eigenvalue weighted by Crippen LogP contribution is 2.38. The molecule has 4 rings (SSSR count). The van der Waals surface area contributed by atoms with Crippen molar-refractivity contribution in [1.29, 1.82) is 0 Å². The second-order valence-corrected chi connectivity index (χ2v) is 7.70. The number of methoxy groups -OCH3 is 2. The van der Waals surface area contributed by atoms with Crippen LogP contribution >= 0.6 is 0 Å². The summed E-state index contributed by atoms with van der Waals surface area (Å²) >= 11 is 0. The number of para-hydroxylation sites is 1. The van der Waals surface area contributed by atoms with Crippen molar-refractivity contribution >= 4 is 22.6 Å². The van der Waals surface area contributed by atoms with Crippen LogP contribution in [-0.2, 0) is 4.74 Å². The minimum absolute atomic E-state index is 0.172. The molecule has 0 bridgehead atoms. The van der Waals surface area contributed by atoms with E-state index in [-0.39, 0.29) is 12.0 Å². The first-order valence-electron chi connectivity index (χ1n) is 10.9. The smallest absolute Gasteiger partial charge is 0.338 e. The fourth-order valence-corrected chi connectivity index (χ4v) is 4.11. The van der Waals surface area contributed by atoms with E-state index in [1.54, 1.807) is 33.3 Å². The lowest BCUT2D eigenvalue weighted by Crippen LogP contribution is -2.14. The summed E-state index contributed by atoms with van der Waals surface area (Å²) in [6, 6.07) is 21.4. The zero-order valence-corrected chi connectivity index (χ0v) is 19.3. The maximum Gasteiger partial charge on any atom is 0.338 e. The van der Waals surface area contributed by atoms with E-state index in [0.717, 1.165) is 33.4 Å². The summed E-state index contributed by atoms with van der Waals surface area (Å²) in [6.07, 6.45) is 0. The maximum atomic E-state index is 12.0. The maximum absolute atomic E-state index is 12.0. The van der Waals surface area contributed by atoms with E-state index < -0.39 is 0 Å². The number of anilines is 1. The Morgan fingerprint density at radius 1 is 0.970 bits per heavy atom. The summed E-state index contributed by atoms with van der Waals surface area (Å²) < 4.78 is 16.1. The molecule has 1 atom stereocenters. The third kappa shape index (κ3) is 4.51. The van der Waals surface area contributed by atoms with Crippen LogP contribution in [0.25, 0.3) is 10.9 Å². The predicted octanol–water partition coefficient (Wildman–Crippen LogP) is 5.87. The van der Waals surface area contributed by atoms with Crippen LogP contribution in [-0.4, -0.2) is 31.8 Å². The third-order valence-electron chi connectivity index (χ3n) is 5.68. The van der Waals surface area contributed by atoms with Gasteiger partial charge >= 0.3 is 5.97 Å². The first-order chi connectivity index (χ1) is 16.0. The normalized spacial score (nSPS) is 11.8. The van der Waals surface area contributed by atoms with Gasteiger partial charge in [-0.15, -0.1) is 0 Å². The van der Waals surface area contributed by atoms with Crippen molar-refractivity contribution in [3.8, 4) is 11.5 Å². The second kappa shape index (κ2) is 9.69. The van der Waals surface area contributed by atoms with Gasteiger partial charge in [0, 0.05) is 27.8 Å². The Balaban J connectivity index is 1.78. The van der Waals surface area contributed by atoms with E-state index in [9.17, 15) is 4.79 Å². The highest BCUT2D eigenvalue weighted by molar-refractivity contribution is 5.90. The molecule has 0 aliphatic rings. The molecule has 0 spiro atoms. The van der Waals surface area contributed by atoms with Gasteiger partial charge in [0.1, 0.15) is 0 Å². The molecule has 0 amide bonds. The molecule has 0 saturated carbocycles. The molecule has 33 heavy (non-hydrogen) atoms. The lowest BCUT2D eigenvalue weighted by molar-refractivity contribution is 0.0526. The van der Waals surface area contributed by atoms with Crippen LogP contribution in [0, 0.1) is 6.92 Å². The number of fused-ring (bicyclic) bond motifs is 1. The van der Waals surface area contributed by atoms with E-state index >= 15 is 0 Å². The van der Waals surface area contributed by atoms with Gasteiger partial charge in [0.05, 0.1) is 32.4 Å². The molecule has 6 nitrogen and oxygen atoms in total. The number of hydrogen-bond donors (Lipinski definition) is 2. The van der Waals surface area contributed by atoms with E-state index in [1.807, 2.05) is 42.5 Å². The van der Waals surface area contributed by atoms with E-state index in [2.05, 4.69) is 29.4 Å². The van der Waals surface area contributed by atoms with Crippen LogP contribution in [0.2, 0.25) is 0 Å². The Bertz CT molecular complexity index is 1260. The van der Waals surface area contributed by atoms with Gasteiger partial charge in [-0.1, -0.05) is 24.3 Å². The summed E-state index contributed by atoms with van der Waals surface area (Å²) in [5, 5.41) is 4.79. The Labute approximate surface area is 193 Å². The topological polar surface area (TPSA) is 72.6 Å². The van der Waals surface area contributed by atoms with Gasteiger partial charge in [0.2, 0.25) is 0 Å². The summed E-state index contributed by atoms with van der Waals surface area (Å²) in [4.78, 5) is 15.5. The fraction of sp³-hybridized carbons (Fsp3) is 0.222. The zero-order valence-electron chi connectivity index (χ0n) is 19.3. The SMILES string of the molecule is CCOC(=O)c1ccc(NC(c2ccc(OC)c(OC)c2)c2c(C)[nH]c3ccccc23)cc1. The molecular formula is C27H28N2O4. The minimum Gasteiger partial charge on any atom is -0.493 e. The number of carbonyl (C=O) groups excluding carboxylic acids is 1. The van der Waals surface area contributed by atoms with Crippen molar-refractivity contribution in [2.75, 3.05) is 26.1 Å². The predicted molar refractivity (Wildman–Crippen MR) is 130 cm³/mol. The number of esters is 1. The molecule has 0 radical (unpaired) electrons. The molecule has 0 aliphatic carbocycles. The highest BCUT2D eigenvalue weighted by Gasteiger charge is 2.22. The molecule has 1 aromatic heterocycles. The minimum atomic E-state index is -0.326. The van der Waals surface area contributed by atoms with Crippen molar-refractivity contribution in [3.05, 3.63) is 89.1 Å². The number of aromatic amines is 1. The van der Waals surface area contributed by atoms with Gasteiger partial charge in [-0.05, 0) is 61.9 Å². The van der Waals surface area contributed by atoms with Crippen molar-refractivity contribution in [3.63, 3.8) is 0 Å². The molecule has 1 heterocycles. The number of H-pyrrole nitrogens is 1. The van der Waals surface area contributed by atoms with Crippen molar-refractivity contribution in [2.45, 2.75) is 19.9 Å². The van der Waals surface area contributed by atoms with Crippen molar-refractivity contribution in [2.24, 2.45) is 0 Å². The monoisotopic (exact) mass is 444 g/mol. The quantitative estimate of drug-likeness (QED) is 0.333. The summed E-state index contributed by atoms with van der Waals surface area (Å²) in [5.41, 5.74) is 5.73. The second-order valence-electron chi connectivity index (χ2n) is 7.70. The molecule has 1 unspecified atom stereocenters. The first-order valence-corrected chi connectivity index (χ1v) is 10.9. The summed E-state index contributed by atoms with van der Waals surface area (Å²) in [7, 11) is 3.26. The van der Waals surface area contributed by atoms with Gasteiger partial charge < -0.3 is 24.5 Å². The van der Waals surface area contributed by atoms with Gasteiger partial charge in [-0.25, -0.2) is 4.79 Å². The van der Waals surface area contributed by atoms with E-state index in [1.165, 1.54) is 0 Å². The van der Waals surface area contributed by atoms with Crippen LogP contribution in [0.1, 0.15) is 40.1 Å². The van der Waals surface area contributed by atoms with Crippen LogP contribution in [0.4, 0.5) is 5.69 Å². The molecule has 0 saturated heterocycles. The summed E-state index contributed by atoms with van der Waals surface area (Å²) in [6.45, 7) is 4.22. The highest BCUT2D eigenvalue weighted by atomic mass is 16.5. The number of hydrogen-bond acceptors (Lipinski definition) is 5. The number of aromatic nitrogens is 1. The average Bonchev–Trinajstić information content (AvgIpc) is 3.18. The number of ether oxygens (including phenoxy) is 3. The van der Waals surface area contributed by atoms with Gasteiger partial charge in [-0.2, -0.15) is 0 Å². The summed E-state index contributed by atoms with van der Waals surface area (Å²) in [5.74, 6) is 1.01. The Morgan fingerprint density at radius 3 is 2.39 bits per heavy atom. The molecule has 170 valence electrons. The molecule has 2 N–H and O–H groups in total. The zero-order chi connectivity index (χ0) is 23.4. The molecule has 3 aromatic carbocycles. The number of benzene rings is 3. The standard InChI is InChI=1S/C27H28N2O4/c1-5-33-27(30)18-10-13-20(14-11-18)29-26(19-12-15-23(31-3)24(16-19)32-4)25-17(2)28-22-9-7-6-8-21(22)25/h6-16,26,28-29H,5H2,1-4H3. The Hall–Kier alpha value is -3.93. The van der Waals surface area contributed by atoms with E-state index in [0.29, 0.717) is 23.7 Å². The van der Waals surface area contributed by atoms with Crippen LogP contribution in [0.3, 0.4) is 0 Å². The van der Waals surface area contributed by atoms with Gasteiger partial charge in [0.25, 0.3) is 0 Å². The molecule has 0 aliphatic heterocycles. The van der Waals surface area contributed by atoms with Gasteiger partial charge in [0.15, 0.2) is 11.5 Å². The fourth-order valence-electron chi connectivity index (χ4n) is 4.11.